The normalized spacial score (nSPS) is 18.6. The van der Waals surface area contributed by atoms with Gasteiger partial charge in [-0.1, -0.05) is 31.2 Å². The van der Waals surface area contributed by atoms with Gasteiger partial charge in [0.05, 0.1) is 6.04 Å². The van der Waals surface area contributed by atoms with Crippen molar-refractivity contribution in [3.8, 4) is 0 Å². The third-order valence-electron chi connectivity index (χ3n) is 5.25. The van der Waals surface area contributed by atoms with Gasteiger partial charge in [0, 0.05) is 29.6 Å². The number of benzene rings is 1. The molecule has 124 valence electrons. The second kappa shape index (κ2) is 6.39. The van der Waals surface area contributed by atoms with E-state index < -0.39 is 0 Å². The first kappa shape index (κ1) is 15.4. The monoisotopic (exact) mass is 320 g/mol. The number of aromatic nitrogens is 1. The average molecular weight is 320 g/mol. The van der Waals surface area contributed by atoms with E-state index in [1.807, 2.05) is 10.6 Å². The lowest BCUT2D eigenvalue weighted by atomic mass is 9.93. The summed E-state index contributed by atoms with van der Waals surface area (Å²) >= 11 is 0. The third-order valence-corrected chi connectivity index (χ3v) is 5.25. The minimum Gasteiger partial charge on any atom is -0.312 e. The second-order valence-corrected chi connectivity index (χ2v) is 6.94. The fourth-order valence-electron chi connectivity index (χ4n) is 4.16. The zero-order valence-corrected chi connectivity index (χ0v) is 14.3. The van der Waals surface area contributed by atoms with E-state index in [2.05, 4.69) is 31.2 Å². The number of aliphatic imine (C=N–C) groups is 1. The molecule has 0 saturated carbocycles. The van der Waals surface area contributed by atoms with Gasteiger partial charge in [0.15, 0.2) is 0 Å². The number of fused-ring (bicyclic) bond motifs is 2. The molecule has 3 nitrogen and oxygen atoms in total. The number of hydrogen-bond acceptors (Lipinski definition) is 2. The van der Waals surface area contributed by atoms with E-state index in [1.165, 1.54) is 28.1 Å². The van der Waals surface area contributed by atoms with Gasteiger partial charge in [0.25, 0.3) is 5.56 Å². The molecule has 0 N–H and O–H groups in total. The molecule has 2 aromatic rings. The lowest BCUT2D eigenvalue weighted by Crippen LogP contribution is -2.28. The molecular formula is C21H24N2O. The molecule has 2 aliphatic rings. The first-order valence-electron chi connectivity index (χ1n) is 9.13. The van der Waals surface area contributed by atoms with Crippen LogP contribution in [0.15, 0.2) is 46.2 Å². The second-order valence-electron chi connectivity index (χ2n) is 6.94. The molecule has 0 bridgehead atoms. The molecule has 0 amide bonds. The minimum absolute atomic E-state index is 0.130. The number of nitrogens with zero attached hydrogens (tertiary/aromatic N) is 2. The Kier molecular flexibility index (Phi) is 4.09. The van der Waals surface area contributed by atoms with E-state index in [4.69, 9.17) is 4.99 Å². The van der Waals surface area contributed by atoms with Crippen LogP contribution in [0.1, 0.15) is 48.6 Å². The summed E-state index contributed by atoms with van der Waals surface area (Å²) in [7, 11) is 0. The molecule has 0 unspecified atom stereocenters. The van der Waals surface area contributed by atoms with Crippen LogP contribution in [0.3, 0.4) is 0 Å². The Morgan fingerprint density at radius 1 is 1.08 bits per heavy atom. The molecule has 2 aliphatic carbocycles. The van der Waals surface area contributed by atoms with Gasteiger partial charge in [0.1, 0.15) is 0 Å². The number of hydrogen-bond donors (Lipinski definition) is 0. The SMILES string of the molecule is CCCn1c2c(ccc1=O)C(=NC1Cc3ccccc3C1)CCC2. The molecule has 0 aliphatic heterocycles. The summed E-state index contributed by atoms with van der Waals surface area (Å²) in [5.41, 5.74) is 6.64. The maximum absolute atomic E-state index is 12.2. The number of pyridine rings is 1. The van der Waals surface area contributed by atoms with Gasteiger partial charge in [0.2, 0.25) is 0 Å². The van der Waals surface area contributed by atoms with Crippen molar-refractivity contribution >= 4 is 5.71 Å². The van der Waals surface area contributed by atoms with Gasteiger partial charge < -0.3 is 4.57 Å². The summed E-state index contributed by atoms with van der Waals surface area (Å²) in [6, 6.07) is 12.8. The van der Waals surface area contributed by atoms with Crippen molar-refractivity contribution in [3.05, 3.63) is 69.1 Å². The van der Waals surface area contributed by atoms with E-state index in [-0.39, 0.29) is 5.56 Å². The smallest absolute Gasteiger partial charge is 0.250 e. The van der Waals surface area contributed by atoms with Crippen LogP contribution in [0.5, 0.6) is 0 Å². The molecule has 1 aromatic carbocycles. The molecular weight excluding hydrogens is 296 g/mol. The Hall–Kier alpha value is -2.16. The van der Waals surface area contributed by atoms with Crippen molar-refractivity contribution in [2.45, 2.75) is 58.0 Å². The topological polar surface area (TPSA) is 34.4 Å². The van der Waals surface area contributed by atoms with Gasteiger partial charge in [-0.3, -0.25) is 9.79 Å². The van der Waals surface area contributed by atoms with E-state index >= 15 is 0 Å². The molecule has 24 heavy (non-hydrogen) atoms. The third kappa shape index (κ3) is 2.72. The Labute approximate surface area is 143 Å². The van der Waals surface area contributed by atoms with E-state index in [1.54, 1.807) is 6.07 Å². The zero-order chi connectivity index (χ0) is 16.5. The predicted molar refractivity (Wildman–Crippen MR) is 98.1 cm³/mol. The van der Waals surface area contributed by atoms with Crippen LogP contribution in [-0.4, -0.2) is 16.3 Å². The van der Waals surface area contributed by atoms with Gasteiger partial charge in [-0.05, 0) is 55.7 Å². The largest absolute Gasteiger partial charge is 0.312 e. The molecule has 0 fully saturated rings. The van der Waals surface area contributed by atoms with E-state index in [9.17, 15) is 4.79 Å². The molecule has 0 radical (unpaired) electrons. The highest BCUT2D eigenvalue weighted by molar-refractivity contribution is 6.02. The highest BCUT2D eigenvalue weighted by atomic mass is 16.1. The maximum atomic E-state index is 12.2. The van der Waals surface area contributed by atoms with Crippen LogP contribution in [0.2, 0.25) is 0 Å². The minimum atomic E-state index is 0.130. The van der Waals surface area contributed by atoms with Crippen LogP contribution < -0.4 is 5.56 Å². The predicted octanol–water partition coefficient (Wildman–Crippen LogP) is 3.55. The van der Waals surface area contributed by atoms with E-state index in [0.29, 0.717) is 6.04 Å². The highest BCUT2D eigenvalue weighted by Gasteiger charge is 2.24. The Bertz CT molecular complexity index is 822. The number of rotatable bonds is 3. The van der Waals surface area contributed by atoms with Crippen molar-refractivity contribution in [1.82, 2.24) is 4.57 Å². The van der Waals surface area contributed by atoms with Crippen molar-refractivity contribution in [2.24, 2.45) is 4.99 Å². The van der Waals surface area contributed by atoms with E-state index in [0.717, 1.165) is 45.1 Å². The molecule has 0 spiro atoms. The van der Waals surface area contributed by atoms with Crippen molar-refractivity contribution in [2.75, 3.05) is 0 Å². The van der Waals surface area contributed by atoms with Gasteiger partial charge >= 0.3 is 0 Å². The van der Waals surface area contributed by atoms with Crippen LogP contribution >= 0.6 is 0 Å². The molecule has 0 saturated heterocycles. The molecule has 1 heterocycles. The summed E-state index contributed by atoms with van der Waals surface area (Å²) in [6.45, 7) is 2.93. The zero-order valence-electron chi connectivity index (χ0n) is 14.3. The Balaban J connectivity index is 1.68. The first-order valence-corrected chi connectivity index (χ1v) is 9.13. The lowest BCUT2D eigenvalue weighted by Gasteiger charge is -2.23. The van der Waals surface area contributed by atoms with Crippen LogP contribution in [0.25, 0.3) is 0 Å². The van der Waals surface area contributed by atoms with Crippen LogP contribution in [0, 0.1) is 0 Å². The van der Waals surface area contributed by atoms with Gasteiger partial charge in [-0.15, -0.1) is 0 Å². The standard InChI is InChI=1S/C21H24N2O/c1-2-12-23-20-9-5-8-19(18(20)10-11-21(23)24)22-17-13-15-6-3-4-7-16(15)14-17/h3-4,6-7,10-11,17H,2,5,8-9,12-14H2,1H3. The fraction of sp³-hybridized carbons (Fsp3) is 0.429. The Morgan fingerprint density at radius 3 is 2.54 bits per heavy atom. The summed E-state index contributed by atoms with van der Waals surface area (Å²) in [5.74, 6) is 0. The summed E-state index contributed by atoms with van der Waals surface area (Å²) in [4.78, 5) is 17.3. The maximum Gasteiger partial charge on any atom is 0.250 e. The average Bonchev–Trinajstić information content (AvgIpc) is 3.00. The van der Waals surface area contributed by atoms with Gasteiger partial charge in [-0.2, -0.15) is 0 Å². The quantitative estimate of drug-likeness (QED) is 0.851. The molecule has 1 aromatic heterocycles. The first-order chi connectivity index (χ1) is 11.8. The summed E-state index contributed by atoms with van der Waals surface area (Å²) in [6.07, 6.45) is 6.20. The van der Waals surface area contributed by atoms with Crippen molar-refractivity contribution in [1.29, 1.82) is 0 Å². The fourth-order valence-corrected chi connectivity index (χ4v) is 4.16. The molecule has 4 rings (SSSR count). The van der Waals surface area contributed by atoms with Crippen molar-refractivity contribution in [3.63, 3.8) is 0 Å². The molecule has 3 heteroatoms. The highest BCUT2D eigenvalue weighted by Crippen LogP contribution is 2.27. The van der Waals surface area contributed by atoms with Crippen molar-refractivity contribution < 1.29 is 0 Å². The van der Waals surface area contributed by atoms with Gasteiger partial charge in [-0.25, -0.2) is 0 Å². The molecule has 0 atom stereocenters. The summed E-state index contributed by atoms with van der Waals surface area (Å²) < 4.78 is 1.97. The van der Waals surface area contributed by atoms with Crippen LogP contribution in [0.4, 0.5) is 0 Å². The summed E-state index contributed by atoms with van der Waals surface area (Å²) in [5, 5.41) is 0. The van der Waals surface area contributed by atoms with Crippen LogP contribution in [-0.2, 0) is 25.8 Å². The Morgan fingerprint density at radius 2 is 1.83 bits per heavy atom. The lowest BCUT2D eigenvalue weighted by molar-refractivity contribution is 0.600.